The highest BCUT2D eigenvalue weighted by Crippen LogP contribution is 2.53. The first kappa shape index (κ1) is 11.9. The van der Waals surface area contributed by atoms with Crippen LogP contribution in [0.25, 0.3) is 0 Å². The lowest BCUT2D eigenvalue weighted by atomic mass is 9.90. The third kappa shape index (κ3) is 2.55. The van der Waals surface area contributed by atoms with E-state index in [2.05, 4.69) is 9.64 Å². The van der Waals surface area contributed by atoms with Gasteiger partial charge in [0.1, 0.15) is 0 Å². The van der Waals surface area contributed by atoms with E-state index in [0.717, 1.165) is 32.5 Å². The molecule has 2 fully saturated rings. The van der Waals surface area contributed by atoms with Gasteiger partial charge in [0.2, 0.25) is 0 Å². The van der Waals surface area contributed by atoms with Crippen molar-refractivity contribution < 1.29 is 14.6 Å². The highest BCUT2D eigenvalue weighted by Gasteiger charge is 2.50. The summed E-state index contributed by atoms with van der Waals surface area (Å²) in [5, 5.41) is 9.99. The molecule has 0 unspecified atom stereocenters. The van der Waals surface area contributed by atoms with Crippen LogP contribution in [0.5, 0.6) is 0 Å². The summed E-state index contributed by atoms with van der Waals surface area (Å²) >= 11 is 0. The third-order valence-electron chi connectivity index (χ3n) is 4.04. The third-order valence-corrected chi connectivity index (χ3v) is 4.04. The molecule has 0 aromatic heterocycles. The van der Waals surface area contributed by atoms with Gasteiger partial charge in [-0.2, -0.15) is 0 Å². The average Bonchev–Trinajstić information content (AvgIpc) is 3.05. The highest BCUT2D eigenvalue weighted by molar-refractivity contribution is 5.69. The van der Waals surface area contributed by atoms with Crippen molar-refractivity contribution in [3.8, 4) is 0 Å². The largest absolute Gasteiger partial charge is 0.469 e. The molecule has 0 radical (unpaired) electrons. The molecule has 1 atom stereocenters. The minimum atomic E-state index is -0.153. The van der Waals surface area contributed by atoms with Crippen LogP contribution in [0.15, 0.2) is 0 Å². The van der Waals surface area contributed by atoms with E-state index in [-0.39, 0.29) is 17.5 Å². The summed E-state index contributed by atoms with van der Waals surface area (Å²) in [5.41, 5.74) is 0.277. The number of esters is 1. The molecular formula is C12H21NO3. The van der Waals surface area contributed by atoms with Gasteiger partial charge in [-0.1, -0.05) is 0 Å². The molecular weight excluding hydrogens is 206 g/mol. The van der Waals surface area contributed by atoms with Crippen LogP contribution in [0.4, 0.5) is 0 Å². The Morgan fingerprint density at radius 3 is 2.81 bits per heavy atom. The van der Waals surface area contributed by atoms with Crippen molar-refractivity contribution in [3.63, 3.8) is 0 Å². The van der Waals surface area contributed by atoms with Gasteiger partial charge in [0.05, 0.1) is 13.2 Å². The summed E-state index contributed by atoms with van der Waals surface area (Å²) in [5.74, 6) is -0.142. The van der Waals surface area contributed by atoms with Gasteiger partial charge in [-0.3, -0.25) is 4.79 Å². The minimum absolute atomic E-state index is 0.142. The van der Waals surface area contributed by atoms with Crippen LogP contribution in [0.2, 0.25) is 0 Å². The van der Waals surface area contributed by atoms with Crippen molar-refractivity contribution in [2.45, 2.75) is 38.2 Å². The Kier molecular flexibility index (Phi) is 3.50. The number of piperidine rings is 1. The predicted octanol–water partition coefficient (Wildman–Crippen LogP) is 0.786. The van der Waals surface area contributed by atoms with E-state index in [9.17, 15) is 9.90 Å². The molecule has 1 saturated heterocycles. The van der Waals surface area contributed by atoms with E-state index in [1.165, 1.54) is 20.0 Å². The highest BCUT2D eigenvalue weighted by atomic mass is 16.5. The van der Waals surface area contributed by atoms with Crippen LogP contribution >= 0.6 is 0 Å². The number of methoxy groups -OCH3 is 1. The number of ether oxygens (including phenoxy) is 1. The molecule has 1 heterocycles. The molecule has 0 aromatic rings. The number of aliphatic hydroxyl groups excluding tert-OH is 1. The monoisotopic (exact) mass is 227 g/mol. The molecule has 4 heteroatoms. The lowest BCUT2D eigenvalue weighted by Crippen LogP contribution is -2.45. The molecule has 1 aliphatic carbocycles. The Morgan fingerprint density at radius 2 is 2.25 bits per heavy atom. The van der Waals surface area contributed by atoms with Gasteiger partial charge in [-0.25, -0.2) is 0 Å². The molecule has 92 valence electrons. The number of carbonyl (C=O) groups is 1. The van der Waals surface area contributed by atoms with E-state index in [1.807, 2.05) is 0 Å². The SMILES string of the molecule is COC(=O)CCCN1CCC2(CC2)[C@H](O)C1. The van der Waals surface area contributed by atoms with Gasteiger partial charge in [0.15, 0.2) is 0 Å². The van der Waals surface area contributed by atoms with E-state index in [1.54, 1.807) is 0 Å². The van der Waals surface area contributed by atoms with Crippen molar-refractivity contribution in [3.05, 3.63) is 0 Å². The molecule has 1 N–H and O–H groups in total. The smallest absolute Gasteiger partial charge is 0.305 e. The molecule has 0 aromatic carbocycles. The second-order valence-corrected chi connectivity index (χ2v) is 5.11. The van der Waals surface area contributed by atoms with E-state index < -0.39 is 0 Å². The first-order valence-corrected chi connectivity index (χ1v) is 6.13. The van der Waals surface area contributed by atoms with Gasteiger partial charge in [0, 0.05) is 13.0 Å². The van der Waals surface area contributed by atoms with Crippen LogP contribution in [-0.2, 0) is 9.53 Å². The summed E-state index contributed by atoms with van der Waals surface area (Å²) in [4.78, 5) is 13.2. The Bertz CT molecular complexity index is 263. The minimum Gasteiger partial charge on any atom is -0.469 e. The zero-order valence-corrected chi connectivity index (χ0v) is 9.95. The zero-order valence-electron chi connectivity index (χ0n) is 9.95. The van der Waals surface area contributed by atoms with Crippen LogP contribution in [-0.4, -0.2) is 48.8 Å². The van der Waals surface area contributed by atoms with Crippen LogP contribution in [0, 0.1) is 5.41 Å². The quantitative estimate of drug-likeness (QED) is 0.721. The zero-order chi connectivity index (χ0) is 11.6. The van der Waals surface area contributed by atoms with Crippen molar-refractivity contribution in [2.24, 2.45) is 5.41 Å². The van der Waals surface area contributed by atoms with Crippen LogP contribution < -0.4 is 0 Å². The number of hydrogen-bond acceptors (Lipinski definition) is 4. The van der Waals surface area contributed by atoms with Gasteiger partial charge >= 0.3 is 5.97 Å². The van der Waals surface area contributed by atoms with Crippen LogP contribution in [0.1, 0.15) is 32.1 Å². The van der Waals surface area contributed by atoms with Gasteiger partial charge in [-0.15, -0.1) is 0 Å². The maximum absolute atomic E-state index is 10.9. The molecule has 1 spiro atoms. The number of nitrogens with zero attached hydrogens (tertiary/aromatic N) is 1. The maximum atomic E-state index is 10.9. The fraction of sp³-hybridized carbons (Fsp3) is 0.917. The number of aliphatic hydroxyl groups is 1. The molecule has 0 amide bonds. The summed E-state index contributed by atoms with van der Waals surface area (Å²) < 4.78 is 4.60. The van der Waals surface area contributed by atoms with Crippen molar-refractivity contribution >= 4 is 5.97 Å². The average molecular weight is 227 g/mol. The van der Waals surface area contributed by atoms with Crippen molar-refractivity contribution in [1.82, 2.24) is 4.90 Å². The van der Waals surface area contributed by atoms with Crippen molar-refractivity contribution in [2.75, 3.05) is 26.7 Å². The Morgan fingerprint density at radius 1 is 1.50 bits per heavy atom. The number of likely N-dealkylation sites (tertiary alicyclic amines) is 1. The standard InChI is InChI=1S/C12H21NO3/c1-16-11(15)3-2-7-13-8-6-12(4-5-12)10(14)9-13/h10,14H,2-9H2,1H3/t10-/m1/s1. The maximum Gasteiger partial charge on any atom is 0.305 e. The normalized spacial score (nSPS) is 28.0. The lowest BCUT2D eigenvalue weighted by molar-refractivity contribution is -0.140. The number of rotatable bonds is 4. The van der Waals surface area contributed by atoms with E-state index in [0.29, 0.717) is 6.42 Å². The first-order chi connectivity index (χ1) is 7.66. The van der Waals surface area contributed by atoms with Gasteiger partial charge < -0.3 is 14.7 Å². The lowest BCUT2D eigenvalue weighted by Gasteiger charge is -2.36. The summed E-state index contributed by atoms with van der Waals surface area (Å²) in [6, 6.07) is 0. The second kappa shape index (κ2) is 4.72. The van der Waals surface area contributed by atoms with E-state index in [4.69, 9.17) is 0 Å². The molecule has 16 heavy (non-hydrogen) atoms. The Balaban J connectivity index is 1.66. The Hall–Kier alpha value is -0.610. The van der Waals surface area contributed by atoms with Crippen LogP contribution in [0.3, 0.4) is 0 Å². The molecule has 0 bridgehead atoms. The van der Waals surface area contributed by atoms with Gasteiger partial charge in [-0.05, 0) is 44.2 Å². The fourth-order valence-corrected chi connectivity index (χ4v) is 2.57. The predicted molar refractivity (Wildman–Crippen MR) is 60.0 cm³/mol. The van der Waals surface area contributed by atoms with Crippen molar-refractivity contribution in [1.29, 1.82) is 0 Å². The van der Waals surface area contributed by atoms with E-state index >= 15 is 0 Å². The topological polar surface area (TPSA) is 49.8 Å². The molecule has 1 aliphatic heterocycles. The number of carbonyl (C=O) groups excluding carboxylic acids is 1. The molecule has 2 rings (SSSR count). The summed E-state index contributed by atoms with van der Waals surface area (Å²) in [7, 11) is 1.42. The Labute approximate surface area is 96.6 Å². The fourth-order valence-electron chi connectivity index (χ4n) is 2.57. The van der Waals surface area contributed by atoms with Gasteiger partial charge in [0.25, 0.3) is 0 Å². The molecule has 4 nitrogen and oxygen atoms in total. The first-order valence-electron chi connectivity index (χ1n) is 6.13. The summed E-state index contributed by atoms with van der Waals surface area (Å²) in [6.45, 7) is 2.74. The molecule has 2 aliphatic rings. The second-order valence-electron chi connectivity index (χ2n) is 5.11. The summed E-state index contributed by atoms with van der Waals surface area (Å²) in [6.07, 6.45) is 4.67. The number of β-amino-alcohol motifs (C(OH)–C–C–N with tert-alkyl or cyclic N) is 1. The number of hydrogen-bond donors (Lipinski definition) is 1. The molecule has 1 saturated carbocycles.